The molecule has 0 heterocycles. The van der Waals surface area contributed by atoms with E-state index in [-0.39, 0.29) is 6.10 Å². The molecule has 1 N–H and O–H groups in total. The van der Waals surface area contributed by atoms with Crippen molar-refractivity contribution in [1.29, 1.82) is 0 Å². The molecule has 0 bridgehead atoms. The van der Waals surface area contributed by atoms with E-state index in [0.717, 1.165) is 24.2 Å². The SMILES string of the molecule is CC(C)CCC[C@H](C)CCC[C@H](C)CCCC(C)O. The van der Waals surface area contributed by atoms with Crippen LogP contribution in [0.15, 0.2) is 0 Å². The molecule has 0 rings (SSSR count). The zero-order chi connectivity index (χ0) is 14.7. The van der Waals surface area contributed by atoms with E-state index in [1.165, 1.54) is 51.4 Å². The number of aliphatic hydroxyl groups excluding tert-OH is 1. The normalized spacial score (nSPS) is 16.6. The summed E-state index contributed by atoms with van der Waals surface area (Å²) in [7, 11) is 0. The maximum Gasteiger partial charge on any atom is 0.0512 e. The van der Waals surface area contributed by atoms with Crippen molar-refractivity contribution in [2.24, 2.45) is 17.8 Å². The highest BCUT2D eigenvalue weighted by atomic mass is 16.3. The maximum absolute atomic E-state index is 9.24. The number of hydrogen-bond donors (Lipinski definition) is 1. The summed E-state index contributed by atoms with van der Waals surface area (Å²) < 4.78 is 0. The van der Waals surface area contributed by atoms with Gasteiger partial charge in [0.1, 0.15) is 0 Å². The second-order valence-corrected chi connectivity index (χ2v) is 7.25. The van der Waals surface area contributed by atoms with Crippen molar-refractivity contribution in [1.82, 2.24) is 0 Å². The highest BCUT2D eigenvalue weighted by molar-refractivity contribution is 4.60. The van der Waals surface area contributed by atoms with Crippen LogP contribution in [0.4, 0.5) is 0 Å². The molecule has 0 amide bonds. The van der Waals surface area contributed by atoms with Crippen LogP contribution in [0.1, 0.15) is 92.4 Å². The molecule has 0 spiro atoms. The summed E-state index contributed by atoms with van der Waals surface area (Å²) in [4.78, 5) is 0. The van der Waals surface area contributed by atoms with Crippen LogP contribution < -0.4 is 0 Å². The number of rotatable bonds is 12. The van der Waals surface area contributed by atoms with Gasteiger partial charge in [0.15, 0.2) is 0 Å². The van der Waals surface area contributed by atoms with E-state index in [4.69, 9.17) is 0 Å². The summed E-state index contributed by atoms with van der Waals surface area (Å²) in [6.45, 7) is 11.3. The minimum Gasteiger partial charge on any atom is -0.393 e. The molecule has 0 saturated carbocycles. The second kappa shape index (κ2) is 11.8. The molecule has 0 aliphatic rings. The Morgan fingerprint density at radius 1 is 0.579 bits per heavy atom. The van der Waals surface area contributed by atoms with Crippen molar-refractivity contribution in [3.63, 3.8) is 0 Å². The monoisotopic (exact) mass is 270 g/mol. The summed E-state index contributed by atoms with van der Waals surface area (Å²) >= 11 is 0. The molecule has 1 nitrogen and oxygen atoms in total. The van der Waals surface area contributed by atoms with Gasteiger partial charge in [-0.3, -0.25) is 0 Å². The fourth-order valence-electron chi connectivity index (χ4n) is 2.74. The lowest BCUT2D eigenvalue weighted by Gasteiger charge is -2.15. The van der Waals surface area contributed by atoms with Crippen LogP contribution in [-0.4, -0.2) is 11.2 Å². The lowest BCUT2D eigenvalue weighted by Crippen LogP contribution is -2.03. The lowest BCUT2D eigenvalue weighted by molar-refractivity contribution is 0.178. The van der Waals surface area contributed by atoms with Gasteiger partial charge < -0.3 is 5.11 Å². The van der Waals surface area contributed by atoms with E-state index in [1.54, 1.807) is 0 Å². The average molecular weight is 271 g/mol. The first-order valence-corrected chi connectivity index (χ1v) is 8.59. The minimum absolute atomic E-state index is 0.117. The smallest absolute Gasteiger partial charge is 0.0512 e. The van der Waals surface area contributed by atoms with E-state index in [9.17, 15) is 5.11 Å². The van der Waals surface area contributed by atoms with Gasteiger partial charge in [-0.25, -0.2) is 0 Å². The molecule has 1 unspecified atom stereocenters. The minimum atomic E-state index is -0.117. The quantitative estimate of drug-likeness (QED) is 0.474. The van der Waals surface area contributed by atoms with Crippen LogP contribution >= 0.6 is 0 Å². The number of aliphatic hydroxyl groups is 1. The highest BCUT2D eigenvalue weighted by Crippen LogP contribution is 2.21. The summed E-state index contributed by atoms with van der Waals surface area (Å²) in [6, 6.07) is 0. The highest BCUT2D eigenvalue weighted by Gasteiger charge is 2.07. The largest absolute Gasteiger partial charge is 0.393 e. The van der Waals surface area contributed by atoms with Crippen molar-refractivity contribution in [3.8, 4) is 0 Å². The zero-order valence-corrected chi connectivity index (χ0v) is 14.1. The van der Waals surface area contributed by atoms with E-state index >= 15 is 0 Å². The number of hydrogen-bond acceptors (Lipinski definition) is 1. The van der Waals surface area contributed by atoms with Crippen molar-refractivity contribution in [3.05, 3.63) is 0 Å². The van der Waals surface area contributed by atoms with Crippen molar-refractivity contribution < 1.29 is 5.11 Å². The maximum atomic E-state index is 9.24. The van der Waals surface area contributed by atoms with Gasteiger partial charge in [-0.2, -0.15) is 0 Å². The Labute approximate surface area is 122 Å². The Bertz CT molecular complexity index is 166. The molecule has 1 heteroatoms. The van der Waals surface area contributed by atoms with E-state index < -0.39 is 0 Å². The van der Waals surface area contributed by atoms with Gasteiger partial charge in [0.05, 0.1) is 6.10 Å². The van der Waals surface area contributed by atoms with Gasteiger partial charge in [-0.15, -0.1) is 0 Å². The molecule has 0 aromatic carbocycles. The third-order valence-electron chi connectivity index (χ3n) is 4.19. The first-order valence-electron chi connectivity index (χ1n) is 8.59. The second-order valence-electron chi connectivity index (χ2n) is 7.25. The van der Waals surface area contributed by atoms with Gasteiger partial charge in [-0.05, 0) is 31.1 Å². The predicted molar refractivity (Wildman–Crippen MR) is 86.4 cm³/mol. The van der Waals surface area contributed by atoms with Crippen molar-refractivity contribution in [2.75, 3.05) is 0 Å². The van der Waals surface area contributed by atoms with Gasteiger partial charge in [-0.1, -0.05) is 79.1 Å². The van der Waals surface area contributed by atoms with Gasteiger partial charge in [0.2, 0.25) is 0 Å². The summed E-state index contributed by atoms with van der Waals surface area (Å²) in [5.74, 6) is 2.60. The lowest BCUT2D eigenvalue weighted by atomic mass is 9.92. The Morgan fingerprint density at radius 3 is 1.32 bits per heavy atom. The Balaban J connectivity index is 3.40. The fourth-order valence-corrected chi connectivity index (χ4v) is 2.74. The Kier molecular flexibility index (Phi) is 11.7. The third kappa shape index (κ3) is 14.2. The van der Waals surface area contributed by atoms with Crippen LogP contribution in [0, 0.1) is 17.8 Å². The van der Waals surface area contributed by atoms with Gasteiger partial charge >= 0.3 is 0 Å². The molecule has 0 aromatic rings. The molecule has 0 fully saturated rings. The first-order chi connectivity index (χ1) is 8.91. The third-order valence-corrected chi connectivity index (χ3v) is 4.19. The van der Waals surface area contributed by atoms with Gasteiger partial charge in [0, 0.05) is 0 Å². The molecular weight excluding hydrogens is 232 g/mol. The molecule has 0 saturated heterocycles. The molecule has 0 aliphatic heterocycles. The fraction of sp³-hybridized carbons (Fsp3) is 1.00. The molecule has 116 valence electrons. The standard InChI is InChI=1S/C18H38O/c1-15(2)9-6-10-16(3)11-7-12-17(4)13-8-14-18(5)19/h15-19H,6-14H2,1-5H3/t16-,17-,18?/m0/s1. The Morgan fingerprint density at radius 2 is 0.947 bits per heavy atom. The Hall–Kier alpha value is -0.0400. The topological polar surface area (TPSA) is 20.2 Å². The average Bonchev–Trinajstić information content (AvgIpc) is 2.27. The molecular formula is C18H38O. The van der Waals surface area contributed by atoms with Crippen molar-refractivity contribution in [2.45, 2.75) is 98.5 Å². The zero-order valence-electron chi connectivity index (χ0n) is 14.1. The molecule has 19 heavy (non-hydrogen) atoms. The van der Waals surface area contributed by atoms with E-state index in [1.807, 2.05) is 6.92 Å². The van der Waals surface area contributed by atoms with Crippen LogP contribution in [0.5, 0.6) is 0 Å². The molecule has 0 aromatic heterocycles. The van der Waals surface area contributed by atoms with Gasteiger partial charge in [0.25, 0.3) is 0 Å². The molecule has 0 aliphatic carbocycles. The van der Waals surface area contributed by atoms with Crippen LogP contribution in [-0.2, 0) is 0 Å². The predicted octanol–water partition coefficient (Wildman–Crippen LogP) is 5.81. The molecule has 3 atom stereocenters. The van der Waals surface area contributed by atoms with Crippen molar-refractivity contribution >= 4 is 0 Å². The van der Waals surface area contributed by atoms with Crippen LogP contribution in [0.25, 0.3) is 0 Å². The summed E-state index contributed by atoms with van der Waals surface area (Å²) in [6.07, 6.45) is 11.7. The molecule has 0 radical (unpaired) electrons. The van der Waals surface area contributed by atoms with E-state index in [0.29, 0.717) is 0 Å². The summed E-state index contributed by atoms with van der Waals surface area (Å²) in [5.41, 5.74) is 0. The summed E-state index contributed by atoms with van der Waals surface area (Å²) in [5, 5.41) is 9.24. The van der Waals surface area contributed by atoms with E-state index in [2.05, 4.69) is 27.7 Å². The first kappa shape index (κ1) is 19.0. The van der Waals surface area contributed by atoms with Crippen LogP contribution in [0.2, 0.25) is 0 Å². The van der Waals surface area contributed by atoms with Crippen LogP contribution in [0.3, 0.4) is 0 Å².